The average Bonchev–Trinajstić information content (AvgIpc) is 2.73. The van der Waals surface area contributed by atoms with Gasteiger partial charge in [0.1, 0.15) is 5.82 Å². The van der Waals surface area contributed by atoms with Crippen LogP contribution in [0.5, 0.6) is 0 Å². The molecule has 3 N–H and O–H groups in total. The summed E-state index contributed by atoms with van der Waals surface area (Å²) in [7, 11) is 2.10. The molecule has 0 fully saturated rings. The lowest BCUT2D eigenvalue weighted by Gasteiger charge is -2.15. The van der Waals surface area contributed by atoms with Crippen LogP contribution in [0.2, 0.25) is 0 Å². The lowest BCUT2D eigenvalue weighted by atomic mass is 10.1. The molecule has 0 spiro atoms. The number of hydrogen-bond acceptors (Lipinski definition) is 3. The van der Waals surface area contributed by atoms with Gasteiger partial charge in [0.2, 0.25) is 0 Å². The predicted molar refractivity (Wildman–Crippen MR) is 69.5 cm³/mol. The van der Waals surface area contributed by atoms with Gasteiger partial charge in [0, 0.05) is 19.2 Å². The Bertz CT molecular complexity index is 449. The molecule has 17 heavy (non-hydrogen) atoms. The van der Waals surface area contributed by atoms with E-state index in [1.807, 2.05) is 12.1 Å². The fourth-order valence-corrected chi connectivity index (χ4v) is 1.79. The second-order valence-electron chi connectivity index (χ2n) is 4.29. The number of nitrogens with two attached hydrogens (primary N) is 1. The topological polar surface area (TPSA) is 57.9 Å². The molecule has 0 amide bonds. The molecule has 90 valence electrons. The molecule has 0 saturated carbocycles. The smallest absolute Gasteiger partial charge is 0.145 e. The van der Waals surface area contributed by atoms with Crippen LogP contribution in [0.4, 0.5) is 5.82 Å². The molecule has 0 aliphatic carbocycles. The third-order valence-corrected chi connectivity index (χ3v) is 2.72. The molecule has 0 radical (unpaired) electrons. The molecule has 0 atom stereocenters. The number of nitrogens with one attached hydrogen (secondary N) is 1. The van der Waals surface area contributed by atoms with Crippen LogP contribution in [0.3, 0.4) is 0 Å². The number of rotatable bonds is 5. The van der Waals surface area contributed by atoms with Crippen LogP contribution in [-0.4, -0.2) is 28.7 Å². The summed E-state index contributed by atoms with van der Waals surface area (Å²) < 4.78 is 0. The van der Waals surface area contributed by atoms with Crippen LogP contribution in [0.15, 0.2) is 36.4 Å². The van der Waals surface area contributed by atoms with Crippen molar-refractivity contribution in [3.63, 3.8) is 0 Å². The van der Waals surface area contributed by atoms with Crippen molar-refractivity contribution in [2.24, 2.45) is 0 Å². The van der Waals surface area contributed by atoms with Gasteiger partial charge in [-0.2, -0.15) is 5.10 Å². The molecular formula is C13H18N4. The van der Waals surface area contributed by atoms with Gasteiger partial charge in [-0.15, -0.1) is 0 Å². The molecule has 0 unspecified atom stereocenters. The number of aromatic nitrogens is 2. The normalized spacial score (nSPS) is 10.9. The number of benzene rings is 1. The number of nitrogen functional groups attached to an aromatic ring is 1. The van der Waals surface area contributed by atoms with Gasteiger partial charge in [0.05, 0.1) is 5.69 Å². The number of H-pyrrole nitrogens is 1. The van der Waals surface area contributed by atoms with Crippen LogP contribution in [-0.2, 0) is 13.0 Å². The molecule has 2 rings (SSSR count). The quantitative estimate of drug-likeness (QED) is 0.821. The van der Waals surface area contributed by atoms with E-state index in [4.69, 9.17) is 5.73 Å². The van der Waals surface area contributed by atoms with Crippen molar-refractivity contribution in [3.05, 3.63) is 47.7 Å². The van der Waals surface area contributed by atoms with E-state index in [1.165, 1.54) is 5.56 Å². The molecule has 1 heterocycles. The zero-order valence-electron chi connectivity index (χ0n) is 10.1. The summed E-state index contributed by atoms with van der Waals surface area (Å²) in [6.45, 7) is 1.86. The first-order chi connectivity index (χ1) is 8.24. The molecule has 4 heteroatoms. The second-order valence-corrected chi connectivity index (χ2v) is 4.29. The number of anilines is 1. The Balaban J connectivity index is 1.80. The van der Waals surface area contributed by atoms with Crippen molar-refractivity contribution in [2.75, 3.05) is 19.3 Å². The molecule has 1 aromatic heterocycles. The van der Waals surface area contributed by atoms with E-state index in [0.717, 1.165) is 25.2 Å². The summed E-state index contributed by atoms with van der Waals surface area (Å²) in [6.07, 6.45) is 1.06. The molecule has 1 aromatic carbocycles. The maximum absolute atomic E-state index is 5.56. The number of aromatic amines is 1. The highest BCUT2D eigenvalue weighted by molar-refractivity contribution is 5.28. The first kappa shape index (κ1) is 11.7. The number of likely N-dealkylation sites (N-methyl/N-ethyl adjacent to an activating group) is 1. The molecule has 4 nitrogen and oxygen atoms in total. The minimum atomic E-state index is 0.552. The fraction of sp³-hybridized carbons (Fsp3) is 0.308. The zero-order chi connectivity index (χ0) is 12.1. The van der Waals surface area contributed by atoms with Gasteiger partial charge in [0.15, 0.2) is 0 Å². The Labute approximate surface area is 101 Å². The summed E-state index contributed by atoms with van der Waals surface area (Å²) in [5, 5.41) is 6.83. The van der Waals surface area contributed by atoms with Crippen molar-refractivity contribution in [1.29, 1.82) is 0 Å². The van der Waals surface area contributed by atoms with Crippen molar-refractivity contribution in [3.8, 4) is 0 Å². The Morgan fingerprint density at radius 2 is 2.06 bits per heavy atom. The highest BCUT2D eigenvalue weighted by Gasteiger charge is 2.03. The predicted octanol–water partition coefficient (Wildman–Crippen LogP) is 1.67. The highest BCUT2D eigenvalue weighted by atomic mass is 15.2. The van der Waals surface area contributed by atoms with Gasteiger partial charge in [0.25, 0.3) is 0 Å². The monoisotopic (exact) mass is 230 g/mol. The van der Waals surface area contributed by atoms with Crippen molar-refractivity contribution < 1.29 is 0 Å². The third-order valence-electron chi connectivity index (χ3n) is 2.72. The van der Waals surface area contributed by atoms with Crippen molar-refractivity contribution in [1.82, 2.24) is 15.1 Å². The first-order valence-corrected chi connectivity index (χ1v) is 5.76. The Morgan fingerprint density at radius 3 is 2.71 bits per heavy atom. The van der Waals surface area contributed by atoms with Gasteiger partial charge < -0.3 is 10.6 Å². The summed E-state index contributed by atoms with van der Waals surface area (Å²) in [5.41, 5.74) is 7.98. The van der Waals surface area contributed by atoms with E-state index in [9.17, 15) is 0 Å². The van der Waals surface area contributed by atoms with E-state index in [2.05, 4.69) is 46.4 Å². The Kier molecular flexibility index (Phi) is 3.77. The largest absolute Gasteiger partial charge is 0.382 e. The van der Waals surface area contributed by atoms with Gasteiger partial charge in [-0.3, -0.25) is 5.10 Å². The summed E-state index contributed by atoms with van der Waals surface area (Å²) in [5.74, 6) is 0.552. The van der Waals surface area contributed by atoms with E-state index >= 15 is 0 Å². The molecule has 0 bridgehead atoms. The lowest BCUT2D eigenvalue weighted by Crippen LogP contribution is -2.20. The average molecular weight is 230 g/mol. The SMILES string of the molecule is CN(CCc1ccccc1)Cc1cc(N)n[nH]1. The van der Waals surface area contributed by atoms with Crippen LogP contribution in [0.25, 0.3) is 0 Å². The first-order valence-electron chi connectivity index (χ1n) is 5.76. The molecular weight excluding hydrogens is 212 g/mol. The van der Waals surface area contributed by atoms with E-state index < -0.39 is 0 Å². The highest BCUT2D eigenvalue weighted by Crippen LogP contribution is 2.05. The molecule has 0 aliphatic heterocycles. The molecule has 2 aromatic rings. The number of hydrogen-bond donors (Lipinski definition) is 2. The maximum atomic E-state index is 5.56. The maximum Gasteiger partial charge on any atom is 0.145 e. The minimum absolute atomic E-state index is 0.552. The standard InChI is InChI=1S/C13H18N4/c1-17(10-12-9-13(14)16-15-12)8-7-11-5-3-2-4-6-11/h2-6,9H,7-8,10H2,1H3,(H3,14,15,16). The van der Waals surface area contributed by atoms with Crippen LogP contribution >= 0.6 is 0 Å². The summed E-state index contributed by atoms with van der Waals surface area (Å²) >= 11 is 0. The van der Waals surface area contributed by atoms with Crippen molar-refractivity contribution in [2.45, 2.75) is 13.0 Å². The Hall–Kier alpha value is -1.81. The Morgan fingerprint density at radius 1 is 1.29 bits per heavy atom. The van der Waals surface area contributed by atoms with E-state index in [1.54, 1.807) is 0 Å². The summed E-state index contributed by atoms with van der Waals surface area (Å²) in [6, 6.07) is 12.4. The number of nitrogens with zero attached hydrogens (tertiary/aromatic N) is 2. The lowest BCUT2D eigenvalue weighted by molar-refractivity contribution is 0.327. The van der Waals surface area contributed by atoms with Gasteiger partial charge >= 0.3 is 0 Å². The van der Waals surface area contributed by atoms with E-state index in [0.29, 0.717) is 5.82 Å². The third kappa shape index (κ3) is 3.60. The van der Waals surface area contributed by atoms with E-state index in [-0.39, 0.29) is 0 Å². The second kappa shape index (κ2) is 5.50. The van der Waals surface area contributed by atoms with Crippen molar-refractivity contribution >= 4 is 5.82 Å². The van der Waals surface area contributed by atoms with Gasteiger partial charge in [-0.05, 0) is 19.0 Å². The van der Waals surface area contributed by atoms with Crippen LogP contribution < -0.4 is 5.73 Å². The van der Waals surface area contributed by atoms with Crippen LogP contribution in [0.1, 0.15) is 11.3 Å². The fourth-order valence-electron chi connectivity index (χ4n) is 1.79. The van der Waals surface area contributed by atoms with Crippen LogP contribution in [0, 0.1) is 0 Å². The molecule has 0 aliphatic rings. The molecule has 0 saturated heterocycles. The van der Waals surface area contributed by atoms with Gasteiger partial charge in [-0.25, -0.2) is 0 Å². The zero-order valence-corrected chi connectivity index (χ0v) is 10.1. The summed E-state index contributed by atoms with van der Waals surface area (Å²) in [4.78, 5) is 2.25. The van der Waals surface area contributed by atoms with Gasteiger partial charge in [-0.1, -0.05) is 30.3 Å². The minimum Gasteiger partial charge on any atom is -0.382 e.